The maximum Gasteiger partial charge on any atom is 0.312 e. The van der Waals surface area contributed by atoms with Crippen LogP contribution in [0.3, 0.4) is 0 Å². The Morgan fingerprint density at radius 3 is 2.21 bits per heavy atom. The number of hydrogen-bond acceptors (Lipinski definition) is 2. The molecule has 0 bridgehead atoms. The molecule has 4 N–H and O–H groups in total. The van der Waals surface area contributed by atoms with Gasteiger partial charge in [-0.2, -0.15) is 0 Å². The van der Waals surface area contributed by atoms with Crippen molar-refractivity contribution in [2.24, 2.45) is 5.73 Å². The maximum absolute atomic E-state index is 13.0. The summed E-state index contributed by atoms with van der Waals surface area (Å²) >= 11 is 0. The van der Waals surface area contributed by atoms with Crippen molar-refractivity contribution in [3.8, 4) is 0 Å². The molecule has 2 aromatic carbocycles. The highest BCUT2D eigenvalue weighted by Gasteiger charge is 2.18. The molecule has 126 valence electrons. The molecule has 0 heterocycles. The van der Waals surface area contributed by atoms with Gasteiger partial charge in [0.05, 0.1) is 18.5 Å². The van der Waals surface area contributed by atoms with Crippen molar-refractivity contribution in [1.29, 1.82) is 0 Å². The Morgan fingerprint density at radius 1 is 1.00 bits per heavy atom. The number of halogens is 1. The molecule has 2 unspecified atom stereocenters. The van der Waals surface area contributed by atoms with Crippen LogP contribution in [0, 0.1) is 5.82 Å². The molecular formula is C18H20FN3O2. The van der Waals surface area contributed by atoms with Gasteiger partial charge in [0.15, 0.2) is 0 Å². The lowest BCUT2D eigenvalue weighted by Gasteiger charge is -2.20. The highest BCUT2D eigenvalue weighted by molar-refractivity contribution is 5.79. The third-order valence-electron chi connectivity index (χ3n) is 3.66. The first-order chi connectivity index (χ1) is 11.5. The Labute approximate surface area is 140 Å². The summed E-state index contributed by atoms with van der Waals surface area (Å²) in [4.78, 5) is 23.5. The maximum atomic E-state index is 13.0. The second-order valence-electron chi connectivity index (χ2n) is 5.52. The molecule has 0 spiro atoms. The predicted octanol–water partition coefficient (Wildman–Crippen LogP) is 2.80. The van der Waals surface area contributed by atoms with Gasteiger partial charge in [0.25, 0.3) is 0 Å². The SMILES string of the molecule is CC(NC(=O)CC(NC(N)=O)c1ccccc1)c1ccc(F)cc1. The predicted molar refractivity (Wildman–Crippen MR) is 89.5 cm³/mol. The number of nitrogens with two attached hydrogens (primary N) is 1. The van der Waals surface area contributed by atoms with Crippen LogP contribution in [0.2, 0.25) is 0 Å². The molecule has 2 atom stereocenters. The zero-order valence-corrected chi connectivity index (χ0v) is 13.3. The van der Waals surface area contributed by atoms with Crippen molar-refractivity contribution in [1.82, 2.24) is 10.6 Å². The van der Waals surface area contributed by atoms with E-state index < -0.39 is 12.1 Å². The minimum absolute atomic E-state index is 0.0541. The number of benzene rings is 2. The van der Waals surface area contributed by atoms with Crippen LogP contribution in [0.4, 0.5) is 9.18 Å². The molecule has 2 aromatic rings. The van der Waals surface area contributed by atoms with Crippen LogP contribution in [0.25, 0.3) is 0 Å². The fourth-order valence-electron chi connectivity index (χ4n) is 2.43. The van der Waals surface area contributed by atoms with Gasteiger partial charge in [0, 0.05) is 0 Å². The molecule has 0 saturated carbocycles. The summed E-state index contributed by atoms with van der Waals surface area (Å²) in [6.45, 7) is 1.81. The zero-order valence-electron chi connectivity index (χ0n) is 13.3. The molecule has 0 aromatic heterocycles. The van der Waals surface area contributed by atoms with E-state index in [2.05, 4.69) is 10.6 Å². The summed E-state index contributed by atoms with van der Waals surface area (Å²) < 4.78 is 13.0. The second-order valence-corrected chi connectivity index (χ2v) is 5.52. The summed E-state index contributed by atoms with van der Waals surface area (Å²) in [5.74, 6) is -0.568. The van der Waals surface area contributed by atoms with Crippen LogP contribution < -0.4 is 16.4 Å². The molecule has 0 aliphatic rings. The number of rotatable bonds is 6. The summed E-state index contributed by atoms with van der Waals surface area (Å²) in [6.07, 6.45) is 0.0541. The lowest BCUT2D eigenvalue weighted by atomic mass is 10.0. The van der Waals surface area contributed by atoms with Crippen molar-refractivity contribution < 1.29 is 14.0 Å². The third kappa shape index (κ3) is 5.08. The summed E-state index contributed by atoms with van der Waals surface area (Å²) in [5.41, 5.74) is 6.78. The minimum atomic E-state index is -0.691. The number of nitrogens with one attached hydrogen (secondary N) is 2. The Hall–Kier alpha value is -2.89. The fourth-order valence-corrected chi connectivity index (χ4v) is 2.43. The van der Waals surface area contributed by atoms with Gasteiger partial charge in [-0.15, -0.1) is 0 Å². The molecule has 0 saturated heterocycles. The third-order valence-corrected chi connectivity index (χ3v) is 3.66. The highest BCUT2D eigenvalue weighted by atomic mass is 19.1. The van der Waals surface area contributed by atoms with E-state index in [0.29, 0.717) is 0 Å². The molecule has 0 fully saturated rings. The number of amides is 3. The van der Waals surface area contributed by atoms with E-state index in [1.165, 1.54) is 12.1 Å². The summed E-state index contributed by atoms with van der Waals surface area (Å²) in [7, 11) is 0. The van der Waals surface area contributed by atoms with Crippen LogP contribution in [-0.2, 0) is 4.79 Å². The van der Waals surface area contributed by atoms with Gasteiger partial charge in [-0.3, -0.25) is 4.79 Å². The molecule has 2 rings (SSSR count). The zero-order chi connectivity index (χ0) is 17.5. The number of carbonyl (C=O) groups is 2. The van der Waals surface area contributed by atoms with Gasteiger partial charge < -0.3 is 16.4 Å². The van der Waals surface area contributed by atoms with E-state index in [1.54, 1.807) is 12.1 Å². The lowest BCUT2D eigenvalue weighted by Crippen LogP contribution is -2.37. The van der Waals surface area contributed by atoms with E-state index >= 15 is 0 Å². The van der Waals surface area contributed by atoms with Crippen LogP contribution in [0.1, 0.15) is 36.6 Å². The van der Waals surface area contributed by atoms with Gasteiger partial charge in [0.2, 0.25) is 5.91 Å². The Balaban J connectivity index is 2.02. The van der Waals surface area contributed by atoms with E-state index in [1.807, 2.05) is 37.3 Å². The molecule has 24 heavy (non-hydrogen) atoms. The molecule has 0 aliphatic carbocycles. The van der Waals surface area contributed by atoms with Crippen molar-refractivity contribution in [3.05, 3.63) is 71.5 Å². The van der Waals surface area contributed by atoms with Crippen LogP contribution >= 0.6 is 0 Å². The van der Waals surface area contributed by atoms with Gasteiger partial charge in [-0.25, -0.2) is 9.18 Å². The molecule has 0 radical (unpaired) electrons. The minimum Gasteiger partial charge on any atom is -0.352 e. The largest absolute Gasteiger partial charge is 0.352 e. The fraction of sp³-hybridized carbons (Fsp3) is 0.222. The average Bonchev–Trinajstić information content (AvgIpc) is 2.55. The highest BCUT2D eigenvalue weighted by Crippen LogP contribution is 2.18. The first-order valence-corrected chi connectivity index (χ1v) is 7.61. The first kappa shape index (κ1) is 17.5. The monoisotopic (exact) mass is 329 g/mol. The van der Waals surface area contributed by atoms with Crippen molar-refractivity contribution >= 4 is 11.9 Å². The quantitative estimate of drug-likeness (QED) is 0.761. The molecule has 0 aliphatic heterocycles. The van der Waals surface area contributed by atoms with Gasteiger partial charge in [-0.05, 0) is 30.2 Å². The van der Waals surface area contributed by atoms with E-state index in [4.69, 9.17) is 5.73 Å². The molecular weight excluding hydrogens is 309 g/mol. The van der Waals surface area contributed by atoms with Crippen molar-refractivity contribution in [3.63, 3.8) is 0 Å². The number of carbonyl (C=O) groups excluding carboxylic acids is 2. The first-order valence-electron chi connectivity index (χ1n) is 7.61. The van der Waals surface area contributed by atoms with Crippen LogP contribution in [0.15, 0.2) is 54.6 Å². The van der Waals surface area contributed by atoms with E-state index in [0.717, 1.165) is 11.1 Å². The normalized spacial score (nSPS) is 12.9. The van der Waals surface area contributed by atoms with Gasteiger partial charge >= 0.3 is 6.03 Å². The van der Waals surface area contributed by atoms with Crippen LogP contribution in [-0.4, -0.2) is 11.9 Å². The smallest absolute Gasteiger partial charge is 0.312 e. The molecule has 3 amide bonds. The summed E-state index contributed by atoms with van der Waals surface area (Å²) in [6, 6.07) is 13.6. The summed E-state index contributed by atoms with van der Waals surface area (Å²) in [5, 5.41) is 5.41. The second kappa shape index (κ2) is 8.10. The van der Waals surface area contributed by atoms with Crippen molar-refractivity contribution in [2.45, 2.75) is 25.4 Å². The van der Waals surface area contributed by atoms with Gasteiger partial charge in [0.1, 0.15) is 5.82 Å². The van der Waals surface area contributed by atoms with E-state index in [-0.39, 0.29) is 24.2 Å². The topological polar surface area (TPSA) is 84.2 Å². The standard InChI is InChI=1S/C18H20FN3O2/c1-12(13-7-9-15(19)10-8-13)21-17(23)11-16(22-18(20)24)14-5-3-2-4-6-14/h2-10,12,16H,11H2,1H3,(H,21,23)(H3,20,22,24). The Morgan fingerprint density at radius 2 is 1.62 bits per heavy atom. The number of hydrogen-bond donors (Lipinski definition) is 3. The lowest BCUT2D eigenvalue weighted by molar-refractivity contribution is -0.122. The molecule has 6 heteroatoms. The van der Waals surface area contributed by atoms with Crippen molar-refractivity contribution in [2.75, 3.05) is 0 Å². The number of primary amides is 1. The van der Waals surface area contributed by atoms with Gasteiger partial charge in [-0.1, -0.05) is 42.5 Å². The van der Waals surface area contributed by atoms with Crippen LogP contribution in [0.5, 0.6) is 0 Å². The Kier molecular flexibility index (Phi) is 5.89. The number of urea groups is 1. The van der Waals surface area contributed by atoms with E-state index in [9.17, 15) is 14.0 Å². The Bertz CT molecular complexity index is 689. The average molecular weight is 329 g/mol. The molecule has 5 nitrogen and oxygen atoms in total.